The lowest BCUT2D eigenvalue weighted by Gasteiger charge is -2.15. The predicted octanol–water partition coefficient (Wildman–Crippen LogP) is 4.08. The van der Waals surface area contributed by atoms with Crippen molar-refractivity contribution in [3.05, 3.63) is 53.6 Å². The summed E-state index contributed by atoms with van der Waals surface area (Å²) in [5.74, 6) is 3.69. The number of benzene rings is 2. The molecule has 0 bridgehead atoms. The molecule has 130 valence electrons. The minimum Gasteiger partial charge on any atom is -0.493 e. The second-order valence-corrected chi connectivity index (χ2v) is 8.55. The van der Waals surface area contributed by atoms with Gasteiger partial charge in [0.15, 0.2) is 17.6 Å². The van der Waals surface area contributed by atoms with E-state index in [0.717, 1.165) is 22.8 Å². The maximum Gasteiger partial charge on any atom is 0.353 e. The van der Waals surface area contributed by atoms with Gasteiger partial charge >= 0.3 is 5.97 Å². The van der Waals surface area contributed by atoms with Crippen molar-refractivity contribution < 1.29 is 19.0 Å². The number of carbonyl (C=O) groups excluding carboxylic acids is 1. The van der Waals surface area contributed by atoms with Gasteiger partial charge in [-0.05, 0) is 29.3 Å². The summed E-state index contributed by atoms with van der Waals surface area (Å²) in [4.78, 5) is 12.5. The van der Waals surface area contributed by atoms with Crippen LogP contribution in [0.15, 0.2) is 42.5 Å². The van der Waals surface area contributed by atoms with E-state index in [-0.39, 0.29) is 0 Å². The first-order valence-electron chi connectivity index (χ1n) is 8.12. The molecule has 4 nitrogen and oxygen atoms in total. The Labute approximate surface area is 155 Å². The average Bonchev–Trinajstić information content (AvgIpc) is 3.31. The fourth-order valence-electron chi connectivity index (χ4n) is 2.95. The Morgan fingerprint density at radius 2 is 1.92 bits per heavy atom. The third kappa shape index (κ3) is 3.46. The van der Waals surface area contributed by atoms with Crippen LogP contribution in [0.25, 0.3) is 0 Å². The number of ether oxygens (including phenoxy) is 3. The average molecular weight is 374 g/mol. The van der Waals surface area contributed by atoms with Gasteiger partial charge in [0.25, 0.3) is 0 Å². The van der Waals surface area contributed by atoms with Gasteiger partial charge < -0.3 is 14.2 Å². The second-order valence-electron chi connectivity index (χ2n) is 5.82. The molecule has 2 aromatic carbocycles. The molecule has 0 spiro atoms. The molecule has 1 fully saturated rings. The number of thioether (sulfide) groups is 2. The third-order valence-corrected chi connectivity index (χ3v) is 7.31. The third-order valence-electron chi connectivity index (χ3n) is 4.20. The molecule has 2 aliphatic rings. The molecule has 1 saturated heterocycles. The zero-order chi connectivity index (χ0) is 17.2. The van der Waals surface area contributed by atoms with Gasteiger partial charge in [0.05, 0.1) is 11.7 Å². The number of fused-ring (bicyclic) bond motifs is 1. The molecule has 0 N–H and O–H groups in total. The molecule has 2 aliphatic heterocycles. The van der Waals surface area contributed by atoms with Gasteiger partial charge in [-0.25, -0.2) is 4.79 Å². The highest BCUT2D eigenvalue weighted by Crippen LogP contribution is 2.47. The van der Waals surface area contributed by atoms with Crippen molar-refractivity contribution in [2.45, 2.75) is 17.1 Å². The first-order chi connectivity index (χ1) is 12.2. The van der Waals surface area contributed by atoms with Crippen LogP contribution >= 0.6 is 23.5 Å². The van der Waals surface area contributed by atoms with Gasteiger partial charge in [0.2, 0.25) is 0 Å². The first-order valence-corrected chi connectivity index (χ1v) is 10.2. The smallest absolute Gasteiger partial charge is 0.353 e. The SMILES string of the molecule is COc1cc(C2SCCS2)ccc1OC(=O)[C@H]1Cc2ccccc2O1. The van der Waals surface area contributed by atoms with Crippen molar-refractivity contribution in [1.29, 1.82) is 0 Å². The molecule has 25 heavy (non-hydrogen) atoms. The standard InChI is InChI=1S/C19H18O4S2/c1-21-16-11-13(19-24-8-9-25-19)6-7-15(16)23-18(20)17-10-12-4-2-3-5-14(12)22-17/h2-7,11,17,19H,8-10H2,1H3/t17-/m1/s1. The van der Waals surface area contributed by atoms with Crippen LogP contribution in [0.3, 0.4) is 0 Å². The zero-order valence-electron chi connectivity index (χ0n) is 13.8. The van der Waals surface area contributed by atoms with Crippen molar-refractivity contribution in [1.82, 2.24) is 0 Å². The number of methoxy groups -OCH3 is 1. The van der Waals surface area contributed by atoms with Crippen LogP contribution in [0, 0.1) is 0 Å². The van der Waals surface area contributed by atoms with Gasteiger partial charge in [-0.15, -0.1) is 23.5 Å². The molecule has 2 heterocycles. The predicted molar refractivity (Wildman–Crippen MR) is 101 cm³/mol. The van der Waals surface area contributed by atoms with E-state index in [9.17, 15) is 4.79 Å². The highest BCUT2D eigenvalue weighted by atomic mass is 32.2. The highest BCUT2D eigenvalue weighted by Gasteiger charge is 2.31. The summed E-state index contributed by atoms with van der Waals surface area (Å²) in [7, 11) is 1.59. The van der Waals surface area contributed by atoms with E-state index >= 15 is 0 Å². The van der Waals surface area contributed by atoms with Gasteiger partial charge in [-0.3, -0.25) is 0 Å². The zero-order valence-corrected chi connectivity index (χ0v) is 15.4. The lowest BCUT2D eigenvalue weighted by atomic mass is 10.1. The Morgan fingerprint density at radius 3 is 2.68 bits per heavy atom. The lowest BCUT2D eigenvalue weighted by molar-refractivity contribution is -0.141. The van der Waals surface area contributed by atoms with Crippen LogP contribution in [0.5, 0.6) is 17.2 Å². The quantitative estimate of drug-likeness (QED) is 0.593. The van der Waals surface area contributed by atoms with Crippen molar-refractivity contribution in [2.75, 3.05) is 18.6 Å². The molecule has 0 aliphatic carbocycles. The summed E-state index contributed by atoms with van der Waals surface area (Å²) in [6.07, 6.45) is -0.0761. The van der Waals surface area contributed by atoms with Crippen LogP contribution < -0.4 is 14.2 Å². The van der Waals surface area contributed by atoms with Crippen LogP contribution in [-0.4, -0.2) is 30.7 Å². The molecule has 1 atom stereocenters. The van der Waals surface area contributed by atoms with E-state index in [1.54, 1.807) is 7.11 Å². The van der Waals surface area contributed by atoms with Crippen molar-refractivity contribution in [2.24, 2.45) is 0 Å². The van der Waals surface area contributed by atoms with Crippen LogP contribution in [0.4, 0.5) is 0 Å². The first kappa shape index (κ1) is 16.7. The molecule has 0 amide bonds. The second kappa shape index (κ2) is 7.22. The minimum atomic E-state index is -0.609. The topological polar surface area (TPSA) is 44.8 Å². The number of carbonyl (C=O) groups is 1. The van der Waals surface area contributed by atoms with E-state index in [0.29, 0.717) is 22.5 Å². The van der Waals surface area contributed by atoms with Crippen LogP contribution in [0.2, 0.25) is 0 Å². The van der Waals surface area contributed by atoms with E-state index in [1.165, 1.54) is 5.56 Å². The van der Waals surface area contributed by atoms with Gasteiger partial charge in [-0.2, -0.15) is 0 Å². The van der Waals surface area contributed by atoms with E-state index in [2.05, 4.69) is 0 Å². The minimum absolute atomic E-state index is 0.396. The highest BCUT2D eigenvalue weighted by molar-refractivity contribution is 8.19. The largest absolute Gasteiger partial charge is 0.493 e. The summed E-state index contributed by atoms with van der Waals surface area (Å²) >= 11 is 3.85. The molecule has 0 aromatic heterocycles. The molecule has 2 aromatic rings. The molecule has 0 saturated carbocycles. The van der Waals surface area contributed by atoms with Crippen LogP contribution in [-0.2, 0) is 11.2 Å². The molecule has 4 rings (SSSR count). The Bertz CT molecular complexity index is 762. The normalized spacial score (nSPS) is 19.3. The van der Waals surface area contributed by atoms with E-state index < -0.39 is 12.1 Å². The summed E-state index contributed by atoms with van der Waals surface area (Å²) in [5.41, 5.74) is 2.22. The Balaban J connectivity index is 1.48. The van der Waals surface area contributed by atoms with Crippen molar-refractivity contribution in [3.8, 4) is 17.2 Å². The number of rotatable bonds is 4. The summed E-state index contributed by atoms with van der Waals surface area (Å²) in [6, 6.07) is 13.5. The number of hydrogen-bond acceptors (Lipinski definition) is 6. The maximum absolute atomic E-state index is 12.5. The Hall–Kier alpha value is -1.79. The van der Waals surface area contributed by atoms with Crippen molar-refractivity contribution >= 4 is 29.5 Å². The Morgan fingerprint density at radius 1 is 1.12 bits per heavy atom. The fourth-order valence-corrected chi connectivity index (χ4v) is 5.79. The Kier molecular flexibility index (Phi) is 4.81. The summed E-state index contributed by atoms with van der Waals surface area (Å²) in [6.45, 7) is 0. The fraction of sp³-hybridized carbons (Fsp3) is 0.316. The molecule has 0 radical (unpaired) electrons. The number of para-hydroxylation sites is 1. The summed E-state index contributed by atoms with van der Waals surface area (Å²) < 4.78 is 17.1. The summed E-state index contributed by atoms with van der Waals surface area (Å²) in [5, 5.41) is 0. The number of esters is 1. The van der Waals surface area contributed by atoms with Crippen molar-refractivity contribution in [3.63, 3.8) is 0 Å². The molecular weight excluding hydrogens is 356 g/mol. The number of hydrogen-bond donors (Lipinski definition) is 0. The van der Waals surface area contributed by atoms with Gasteiger partial charge in [0, 0.05) is 17.9 Å². The van der Waals surface area contributed by atoms with Gasteiger partial charge in [0.1, 0.15) is 5.75 Å². The lowest BCUT2D eigenvalue weighted by Crippen LogP contribution is -2.29. The van der Waals surface area contributed by atoms with Crippen LogP contribution in [0.1, 0.15) is 15.7 Å². The molecule has 6 heteroatoms. The van der Waals surface area contributed by atoms with Gasteiger partial charge in [-0.1, -0.05) is 24.3 Å². The van der Waals surface area contributed by atoms with E-state index in [1.807, 2.05) is 66.0 Å². The van der Waals surface area contributed by atoms with E-state index in [4.69, 9.17) is 14.2 Å². The molecular formula is C19H18O4S2. The molecule has 0 unspecified atom stereocenters. The monoisotopic (exact) mass is 374 g/mol. The maximum atomic E-state index is 12.5.